The number of benzene rings is 1. The number of morpholine rings is 1. The minimum Gasteiger partial charge on any atom is -0.496 e. The summed E-state index contributed by atoms with van der Waals surface area (Å²) >= 11 is 1.50. The molecule has 1 aromatic carbocycles. The Bertz CT molecular complexity index is 817. The Morgan fingerprint density at radius 2 is 2.07 bits per heavy atom. The molecule has 2 heterocycles. The summed E-state index contributed by atoms with van der Waals surface area (Å²) < 4.78 is 10.5. The molecule has 0 atom stereocenters. The van der Waals surface area contributed by atoms with Gasteiger partial charge in [-0.2, -0.15) is 0 Å². The molecule has 0 aliphatic carbocycles. The third kappa shape index (κ3) is 4.95. The first-order valence-electron chi connectivity index (χ1n) is 8.57. The summed E-state index contributed by atoms with van der Waals surface area (Å²) in [5, 5.41) is 2.74. The van der Waals surface area contributed by atoms with Crippen LogP contribution < -0.4 is 20.5 Å². The maximum atomic E-state index is 12.2. The molecule has 1 fully saturated rings. The molecule has 1 saturated heterocycles. The van der Waals surface area contributed by atoms with E-state index in [0.717, 1.165) is 23.8 Å². The fourth-order valence-electron chi connectivity index (χ4n) is 2.65. The van der Waals surface area contributed by atoms with E-state index >= 15 is 0 Å². The highest BCUT2D eigenvalue weighted by Crippen LogP contribution is 2.21. The maximum Gasteiger partial charge on any atom is 0.269 e. The monoisotopic (exact) mass is 390 g/mol. The van der Waals surface area contributed by atoms with Gasteiger partial charge in [-0.15, -0.1) is 11.3 Å². The van der Waals surface area contributed by atoms with Crippen LogP contribution in [-0.2, 0) is 16.0 Å². The number of amides is 2. The average Bonchev–Trinajstić information content (AvgIpc) is 3.15. The minimum absolute atomic E-state index is 0.0956. The number of nitrogens with zero attached hydrogens (tertiary/aromatic N) is 2. The van der Waals surface area contributed by atoms with Crippen molar-refractivity contribution in [3.05, 3.63) is 40.4 Å². The van der Waals surface area contributed by atoms with Gasteiger partial charge in [-0.25, -0.2) is 4.98 Å². The highest BCUT2D eigenvalue weighted by molar-refractivity contribution is 7.13. The largest absolute Gasteiger partial charge is 0.496 e. The van der Waals surface area contributed by atoms with Gasteiger partial charge >= 0.3 is 0 Å². The number of nitrogens with one attached hydrogen (secondary N) is 2. The number of ether oxygens (including phenoxy) is 2. The molecular weight excluding hydrogens is 368 g/mol. The Hall–Kier alpha value is -2.65. The molecule has 1 aliphatic rings. The topological polar surface area (TPSA) is 92.8 Å². The lowest BCUT2D eigenvalue weighted by molar-refractivity contribution is -0.121. The molecule has 0 radical (unpaired) electrons. The third-order valence-corrected chi connectivity index (χ3v) is 5.10. The van der Waals surface area contributed by atoms with Gasteiger partial charge in [-0.3, -0.25) is 20.4 Å². The smallest absolute Gasteiger partial charge is 0.269 e. The molecule has 2 amide bonds. The molecule has 0 spiro atoms. The lowest BCUT2D eigenvalue weighted by Gasteiger charge is -2.26. The highest BCUT2D eigenvalue weighted by Gasteiger charge is 2.16. The fraction of sp³-hybridized carbons (Fsp3) is 0.389. The number of aryl methyl sites for hydroxylation is 1. The molecule has 0 bridgehead atoms. The van der Waals surface area contributed by atoms with E-state index in [2.05, 4.69) is 20.7 Å². The molecule has 1 aliphatic heterocycles. The van der Waals surface area contributed by atoms with E-state index in [1.54, 1.807) is 25.3 Å². The van der Waals surface area contributed by atoms with Crippen molar-refractivity contribution in [3.8, 4) is 5.75 Å². The van der Waals surface area contributed by atoms with Crippen LogP contribution in [0.1, 0.15) is 21.6 Å². The summed E-state index contributed by atoms with van der Waals surface area (Å²) in [6, 6.07) is 5.10. The SMILES string of the molecule is COc1cc(C(=O)NNC(=O)Cc2csc(N3CCOCC3)n2)ccc1C. The first kappa shape index (κ1) is 19.1. The predicted molar refractivity (Wildman–Crippen MR) is 102 cm³/mol. The van der Waals surface area contributed by atoms with Gasteiger partial charge < -0.3 is 14.4 Å². The van der Waals surface area contributed by atoms with Crippen molar-refractivity contribution in [1.29, 1.82) is 0 Å². The zero-order valence-corrected chi connectivity index (χ0v) is 16.1. The van der Waals surface area contributed by atoms with Crippen LogP contribution in [0.2, 0.25) is 0 Å². The van der Waals surface area contributed by atoms with E-state index in [4.69, 9.17) is 9.47 Å². The highest BCUT2D eigenvalue weighted by atomic mass is 32.1. The fourth-order valence-corrected chi connectivity index (χ4v) is 3.53. The van der Waals surface area contributed by atoms with Gasteiger partial charge in [-0.1, -0.05) is 6.07 Å². The van der Waals surface area contributed by atoms with Crippen LogP contribution in [0.4, 0.5) is 5.13 Å². The Morgan fingerprint density at radius 3 is 2.81 bits per heavy atom. The van der Waals surface area contributed by atoms with Crippen molar-refractivity contribution in [1.82, 2.24) is 15.8 Å². The minimum atomic E-state index is -0.408. The number of thiazole rings is 1. The maximum absolute atomic E-state index is 12.2. The van der Waals surface area contributed by atoms with Crippen LogP contribution in [0.5, 0.6) is 5.75 Å². The second-order valence-electron chi connectivity index (χ2n) is 6.08. The summed E-state index contributed by atoms with van der Waals surface area (Å²) in [7, 11) is 1.55. The zero-order chi connectivity index (χ0) is 19.2. The number of carbonyl (C=O) groups is 2. The molecule has 1 aromatic heterocycles. The van der Waals surface area contributed by atoms with Gasteiger partial charge in [0.25, 0.3) is 5.91 Å². The van der Waals surface area contributed by atoms with Crippen LogP contribution in [0.15, 0.2) is 23.6 Å². The quantitative estimate of drug-likeness (QED) is 0.748. The van der Waals surface area contributed by atoms with Crippen molar-refractivity contribution in [2.24, 2.45) is 0 Å². The summed E-state index contributed by atoms with van der Waals surface area (Å²) in [6.07, 6.45) is 0.0956. The third-order valence-electron chi connectivity index (χ3n) is 4.15. The van der Waals surface area contributed by atoms with Crippen molar-refractivity contribution >= 4 is 28.3 Å². The summed E-state index contributed by atoms with van der Waals surface area (Å²) in [5.41, 5.74) is 6.84. The van der Waals surface area contributed by atoms with E-state index in [-0.39, 0.29) is 12.3 Å². The molecule has 2 N–H and O–H groups in total. The zero-order valence-electron chi connectivity index (χ0n) is 15.3. The molecule has 27 heavy (non-hydrogen) atoms. The van der Waals surface area contributed by atoms with E-state index in [1.807, 2.05) is 12.3 Å². The van der Waals surface area contributed by atoms with Crippen molar-refractivity contribution in [2.45, 2.75) is 13.3 Å². The van der Waals surface area contributed by atoms with Gasteiger partial charge in [0.1, 0.15) is 5.75 Å². The number of anilines is 1. The Kier molecular flexibility index (Phi) is 6.25. The van der Waals surface area contributed by atoms with Gasteiger partial charge in [0.05, 0.1) is 32.4 Å². The number of hydrogen-bond acceptors (Lipinski definition) is 7. The second kappa shape index (κ2) is 8.83. The first-order chi connectivity index (χ1) is 13.1. The van der Waals surface area contributed by atoms with E-state index in [9.17, 15) is 9.59 Å². The molecule has 9 heteroatoms. The number of methoxy groups -OCH3 is 1. The van der Waals surface area contributed by atoms with Crippen LogP contribution in [-0.4, -0.2) is 50.2 Å². The molecule has 2 aromatic rings. The lowest BCUT2D eigenvalue weighted by atomic mass is 10.1. The first-order valence-corrected chi connectivity index (χ1v) is 9.45. The van der Waals surface area contributed by atoms with Crippen LogP contribution in [0.3, 0.4) is 0 Å². The van der Waals surface area contributed by atoms with Crippen molar-refractivity contribution in [2.75, 3.05) is 38.3 Å². The molecule has 8 nitrogen and oxygen atoms in total. The van der Waals surface area contributed by atoms with E-state index in [0.29, 0.717) is 30.2 Å². The molecule has 0 saturated carbocycles. The number of aromatic nitrogens is 1. The predicted octanol–water partition coefficient (Wildman–Crippen LogP) is 1.30. The lowest BCUT2D eigenvalue weighted by Crippen LogP contribution is -2.42. The van der Waals surface area contributed by atoms with Crippen molar-refractivity contribution < 1.29 is 19.1 Å². The number of hydrazine groups is 1. The van der Waals surface area contributed by atoms with E-state index < -0.39 is 5.91 Å². The number of carbonyl (C=O) groups excluding carboxylic acids is 2. The van der Waals surface area contributed by atoms with Gasteiger partial charge in [-0.05, 0) is 24.6 Å². The number of hydrogen-bond donors (Lipinski definition) is 2. The second-order valence-corrected chi connectivity index (χ2v) is 6.92. The normalized spacial score (nSPS) is 13.9. The van der Waals surface area contributed by atoms with E-state index in [1.165, 1.54) is 11.3 Å². The van der Waals surface area contributed by atoms with Gasteiger partial charge in [0.2, 0.25) is 5.91 Å². The molecule has 144 valence electrons. The summed E-state index contributed by atoms with van der Waals surface area (Å²) in [4.78, 5) is 30.9. The van der Waals surface area contributed by atoms with Crippen molar-refractivity contribution in [3.63, 3.8) is 0 Å². The summed E-state index contributed by atoms with van der Waals surface area (Å²) in [6.45, 7) is 4.86. The van der Waals surface area contributed by atoms with Crippen LogP contribution in [0.25, 0.3) is 0 Å². The molecule has 3 rings (SSSR count). The molecular formula is C18H22N4O4S. The van der Waals surface area contributed by atoms with Gasteiger partial charge in [0, 0.05) is 24.0 Å². The Morgan fingerprint density at radius 1 is 1.30 bits per heavy atom. The Balaban J connectivity index is 1.51. The van der Waals surface area contributed by atoms with Gasteiger partial charge in [0.15, 0.2) is 5.13 Å². The molecule has 0 unspecified atom stereocenters. The standard InChI is InChI=1S/C18H22N4O4S/c1-12-3-4-13(9-15(12)25-2)17(24)21-20-16(23)10-14-11-27-18(19-14)22-5-7-26-8-6-22/h3-4,9,11H,5-8,10H2,1-2H3,(H,20,23)(H,21,24). The van der Waals surface area contributed by atoms with Crippen LogP contribution >= 0.6 is 11.3 Å². The Labute approximate surface area is 161 Å². The number of rotatable bonds is 5. The van der Waals surface area contributed by atoms with Crippen LogP contribution in [0, 0.1) is 6.92 Å². The summed E-state index contributed by atoms with van der Waals surface area (Å²) in [5.74, 6) is -0.123. The average molecular weight is 390 g/mol.